The molecule has 2 aliphatic heterocycles. The van der Waals surface area contributed by atoms with E-state index in [1.54, 1.807) is 6.08 Å². The number of nitrogens with one attached hydrogen (secondary N) is 1. The Labute approximate surface area is 155 Å². The van der Waals surface area contributed by atoms with Gasteiger partial charge in [0.15, 0.2) is 9.84 Å². The third-order valence-corrected chi connectivity index (χ3v) is 7.02. The number of benzene rings is 1. The Kier molecular flexibility index (Phi) is 5.26. The average molecular weight is 397 g/mol. The fraction of sp³-hybridized carbons (Fsp3) is 0.312. The van der Waals surface area contributed by atoms with Crippen LogP contribution in [0.1, 0.15) is 12.0 Å². The number of rotatable bonds is 4. The highest BCUT2D eigenvalue weighted by Gasteiger charge is 2.35. The normalized spacial score (nSPS) is 24.1. The molecule has 25 heavy (non-hydrogen) atoms. The summed E-state index contributed by atoms with van der Waals surface area (Å²) in [7, 11) is -3.07. The Morgan fingerprint density at radius 2 is 2.08 bits per heavy atom. The molecule has 2 aliphatic rings. The predicted molar refractivity (Wildman–Crippen MR) is 102 cm³/mol. The molecular formula is C16H16N2O4S3. The summed E-state index contributed by atoms with van der Waals surface area (Å²) < 4.78 is 23.2. The summed E-state index contributed by atoms with van der Waals surface area (Å²) in [4.78, 5) is 26.3. The van der Waals surface area contributed by atoms with Gasteiger partial charge in [0, 0.05) is 6.04 Å². The number of carbonyl (C=O) groups is 2. The lowest BCUT2D eigenvalue weighted by Gasteiger charge is -2.16. The minimum Gasteiger partial charge on any atom is -0.351 e. The van der Waals surface area contributed by atoms with Crippen molar-refractivity contribution in [2.75, 3.05) is 18.1 Å². The third kappa shape index (κ3) is 4.47. The van der Waals surface area contributed by atoms with Gasteiger partial charge in [-0.1, -0.05) is 54.3 Å². The number of nitrogens with zero attached hydrogens (tertiary/aromatic N) is 1. The minimum absolute atomic E-state index is 0.0506. The molecule has 0 spiro atoms. The third-order valence-electron chi connectivity index (χ3n) is 3.87. The van der Waals surface area contributed by atoms with Crippen molar-refractivity contribution in [1.29, 1.82) is 0 Å². The molecule has 0 aliphatic carbocycles. The van der Waals surface area contributed by atoms with E-state index in [1.807, 2.05) is 30.3 Å². The van der Waals surface area contributed by atoms with Gasteiger partial charge < -0.3 is 5.32 Å². The van der Waals surface area contributed by atoms with Crippen LogP contribution >= 0.6 is 24.0 Å². The second-order valence-corrected chi connectivity index (χ2v) is 9.75. The molecule has 2 amide bonds. The van der Waals surface area contributed by atoms with Crippen molar-refractivity contribution < 1.29 is 18.0 Å². The molecule has 0 aromatic heterocycles. The van der Waals surface area contributed by atoms with Gasteiger partial charge in [0.05, 0.1) is 16.4 Å². The van der Waals surface area contributed by atoms with Crippen molar-refractivity contribution >= 4 is 56.0 Å². The van der Waals surface area contributed by atoms with Crippen LogP contribution in [0.4, 0.5) is 0 Å². The van der Waals surface area contributed by atoms with Crippen molar-refractivity contribution in [3.63, 3.8) is 0 Å². The lowest BCUT2D eigenvalue weighted by molar-refractivity contribution is -0.129. The molecule has 1 atom stereocenters. The fourth-order valence-corrected chi connectivity index (χ4v) is 5.59. The van der Waals surface area contributed by atoms with Crippen molar-refractivity contribution in [1.82, 2.24) is 10.2 Å². The Bertz CT molecular complexity index is 849. The van der Waals surface area contributed by atoms with E-state index < -0.39 is 21.8 Å². The van der Waals surface area contributed by atoms with Crippen molar-refractivity contribution in [2.45, 2.75) is 12.5 Å². The molecule has 1 aromatic carbocycles. The average Bonchev–Trinajstić information content (AvgIpc) is 3.02. The van der Waals surface area contributed by atoms with Crippen LogP contribution in [0.25, 0.3) is 6.08 Å². The van der Waals surface area contributed by atoms with Crippen LogP contribution in [0, 0.1) is 0 Å². The molecule has 2 saturated heterocycles. The largest absolute Gasteiger partial charge is 0.351 e. The number of carbonyl (C=O) groups excluding carboxylic acids is 2. The van der Waals surface area contributed by atoms with Crippen molar-refractivity contribution in [3.8, 4) is 0 Å². The molecule has 6 nitrogen and oxygen atoms in total. The van der Waals surface area contributed by atoms with Gasteiger partial charge in [0.2, 0.25) is 5.91 Å². The highest BCUT2D eigenvalue weighted by atomic mass is 32.2. The Morgan fingerprint density at radius 3 is 2.72 bits per heavy atom. The van der Waals surface area contributed by atoms with Gasteiger partial charge in [-0.15, -0.1) is 0 Å². The van der Waals surface area contributed by atoms with Crippen LogP contribution < -0.4 is 5.32 Å². The van der Waals surface area contributed by atoms with Gasteiger partial charge in [0.1, 0.15) is 10.9 Å². The van der Waals surface area contributed by atoms with Gasteiger partial charge >= 0.3 is 0 Å². The second kappa shape index (κ2) is 7.27. The van der Waals surface area contributed by atoms with Crippen LogP contribution in [0.2, 0.25) is 0 Å². The topological polar surface area (TPSA) is 83.6 Å². The number of thiocarbonyl (C=S) groups is 1. The molecule has 2 fully saturated rings. The van der Waals surface area contributed by atoms with E-state index in [-0.39, 0.29) is 24.0 Å². The molecule has 0 unspecified atom stereocenters. The van der Waals surface area contributed by atoms with Crippen molar-refractivity contribution in [2.24, 2.45) is 0 Å². The molecule has 1 N–H and O–H groups in total. The maximum Gasteiger partial charge on any atom is 0.266 e. The number of sulfone groups is 1. The molecule has 9 heteroatoms. The second-order valence-electron chi connectivity index (χ2n) is 5.85. The van der Waals surface area contributed by atoms with Crippen LogP contribution in [0.3, 0.4) is 0 Å². The lowest BCUT2D eigenvalue weighted by Crippen LogP contribution is -2.43. The van der Waals surface area contributed by atoms with Crippen LogP contribution in [-0.2, 0) is 19.4 Å². The summed E-state index contributed by atoms with van der Waals surface area (Å²) in [6, 6.07) is 8.98. The Balaban J connectivity index is 1.63. The number of amides is 2. The highest BCUT2D eigenvalue weighted by Crippen LogP contribution is 2.32. The summed E-state index contributed by atoms with van der Waals surface area (Å²) >= 11 is 6.35. The van der Waals surface area contributed by atoms with E-state index in [2.05, 4.69) is 5.32 Å². The first-order chi connectivity index (χ1) is 11.8. The molecule has 3 rings (SSSR count). The number of thioether (sulfide) groups is 1. The zero-order valence-corrected chi connectivity index (χ0v) is 15.6. The monoisotopic (exact) mass is 396 g/mol. The smallest absolute Gasteiger partial charge is 0.266 e. The Morgan fingerprint density at radius 1 is 1.36 bits per heavy atom. The van der Waals surface area contributed by atoms with E-state index in [0.29, 0.717) is 15.6 Å². The molecule has 0 saturated carbocycles. The zero-order chi connectivity index (χ0) is 18.0. The predicted octanol–water partition coefficient (Wildman–Crippen LogP) is 1.19. The van der Waals surface area contributed by atoms with Gasteiger partial charge in [-0.2, -0.15) is 0 Å². The Hall–Kier alpha value is -1.71. The summed E-state index contributed by atoms with van der Waals surface area (Å²) in [5, 5.41) is 2.67. The first-order valence-electron chi connectivity index (χ1n) is 7.64. The fourth-order valence-electron chi connectivity index (χ4n) is 2.66. The first-order valence-corrected chi connectivity index (χ1v) is 10.7. The molecule has 0 radical (unpaired) electrons. The molecule has 2 heterocycles. The SMILES string of the molecule is O=C(CN1C(=O)/C(=C/c2ccccc2)SC1=S)N[C@@H]1CCS(=O)(=O)C1. The van der Waals surface area contributed by atoms with Gasteiger partial charge in [0.25, 0.3) is 5.91 Å². The number of hydrogen-bond acceptors (Lipinski definition) is 6. The molecule has 1 aromatic rings. The lowest BCUT2D eigenvalue weighted by atomic mass is 10.2. The van der Waals surface area contributed by atoms with Gasteiger partial charge in [-0.05, 0) is 18.1 Å². The quantitative estimate of drug-likeness (QED) is 0.608. The van der Waals surface area contributed by atoms with Crippen molar-refractivity contribution in [3.05, 3.63) is 40.8 Å². The van der Waals surface area contributed by atoms with Gasteiger partial charge in [-0.3, -0.25) is 14.5 Å². The number of hydrogen-bond donors (Lipinski definition) is 1. The molecular weight excluding hydrogens is 380 g/mol. The van der Waals surface area contributed by atoms with Gasteiger partial charge in [-0.25, -0.2) is 8.42 Å². The van der Waals surface area contributed by atoms with Crippen LogP contribution in [0.5, 0.6) is 0 Å². The minimum atomic E-state index is -3.07. The van der Waals surface area contributed by atoms with Crippen LogP contribution in [-0.4, -0.2) is 53.5 Å². The summed E-state index contributed by atoms with van der Waals surface area (Å²) in [6.07, 6.45) is 2.14. The first kappa shape index (κ1) is 18.1. The van der Waals surface area contributed by atoms with Crippen LogP contribution in [0.15, 0.2) is 35.2 Å². The summed E-state index contributed by atoms with van der Waals surface area (Å²) in [6.45, 7) is -0.201. The maximum absolute atomic E-state index is 12.5. The zero-order valence-electron chi connectivity index (χ0n) is 13.2. The maximum atomic E-state index is 12.5. The van der Waals surface area contributed by atoms with E-state index in [0.717, 1.165) is 17.3 Å². The molecule has 132 valence electrons. The van der Waals surface area contributed by atoms with E-state index in [1.165, 1.54) is 4.90 Å². The molecule has 0 bridgehead atoms. The van der Waals surface area contributed by atoms with E-state index >= 15 is 0 Å². The standard InChI is InChI=1S/C16H16N2O4S3/c19-14(17-12-6-7-25(21,22)10-12)9-18-15(20)13(24-16(18)23)8-11-4-2-1-3-5-11/h1-5,8,12H,6-7,9-10H2,(H,17,19)/b13-8-/t12-/m1/s1. The summed E-state index contributed by atoms with van der Waals surface area (Å²) in [5.41, 5.74) is 0.878. The highest BCUT2D eigenvalue weighted by molar-refractivity contribution is 8.26. The summed E-state index contributed by atoms with van der Waals surface area (Å²) in [5.74, 6) is -0.684. The van der Waals surface area contributed by atoms with E-state index in [4.69, 9.17) is 12.2 Å². The van der Waals surface area contributed by atoms with E-state index in [9.17, 15) is 18.0 Å².